The second-order valence-corrected chi connectivity index (χ2v) is 4.48. The molecule has 6 nitrogen and oxygen atoms in total. The van der Waals surface area contributed by atoms with Crippen LogP contribution in [-0.2, 0) is 19.8 Å². The van der Waals surface area contributed by atoms with Crippen molar-refractivity contribution in [2.45, 2.75) is 25.7 Å². The summed E-state index contributed by atoms with van der Waals surface area (Å²) in [4.78, 5) is 12.9. The minimum atomic E-state index is -4.56. The highest BCUT2D eigenvalue weighted by Crippen LogP contribution is 2.30. The number of aryl methyl sites for hydroxylation is 1. The van der Waals surface area contributed by atoms with Crippen molar-refractivity contribution < 1.29 is 23.1 Å². The summed E-state index contributed by atoms with van der Waals surface area (Å²) in [6.45, 7) is 1.10. The Bertz CT molecular complexity index is 473. The average molecular weight is 294 g/mol. The molecule has 0 aliphatic rings. The fourth-order valence-corrected chi connectivity index (χ4v) is 1.52. The van der Waals surface area contributed by atoms with Crippen molar-refractivity contribution >= 4 is 6.03 Å². The number of carbonyl (C=O) groups is 1. The molecule has 1 rings (SSSR count). The molecule has 0 saturated heterocycles. The maximum absolute atomic E-state index is 12.7. The number of nitrogens with one attached hydrogen (secondary N) is 1. The van der Waals surface area contributed by atoms with Crippen molar-refractivity contribution in [3.8, 4) is 0 Å². The van der Waals surface area contributed by atoms with Crippen molar-refractivity contribution in [1.29, 1.82) is 0 Å². The van der Waals surface area contributed by atoms with Crippen LogP contribution in [0.1, 0.15) is 18.2 Å². The fraction of sp³-hybridized carbons (Fsp3) is 0.636. The number of aliphatic hydroxyl groups is 1. The quantitative estimate of drug-likeness (QED) is 0.869. The van der Waals surface area contributed by atoms with E-state index >= 15 is 0 Å². The predicted molar refractivity (Wildman–Crippen MR) is 64.8 cm³/mol. The second kappa shape index (κ2) is 6.12. The zero-order valence-corrected chi connectivity index (χ0v) is 11.4. The number of nitrogens with zero attached hydrogens (tertiary/aromatic N) is 3. The third-order valence-corrected chi connectivity index (χ3v) is 2.85. The molecule has 2 amide bonds. The van der Waals surface area contributed by atoms with Gasteiger partial charge in [-0.1, -0.05) is 0 Å². The van der Waals surface area contributed by atoms with Gasteiger partial charge in [0.2, 0.25) is 0 Å². The predicted octanol–water partition coefficient (Wildman–Crippen LogP) is 0.961. The number of likely N-dealkylation sites (N-methyl/N-ethyl adjacent to an activating group) is 1. The standard InChI is InChI=1S/C11H17F3N4O2/c1-7(6-19)18(3)10(20)15-4-8-5-17(2)16-9(8)11(12,13)14/h5,7,19H,4,6H2,1-3H3,(H,15,20). The molecule has 1 aromatic rings. The molecule has 0 aromatic carbocycles. The third-order valence-electron chi connectivity index (χ3n) is 2.85. The summed E-state index contributed by atoms with van der Waals surface area (Å²) in [6.07, 6.45) is -3.36. The van der Waals surface area contributed by atoms with Gasteiger partial charge in [-0.3, -0.25) is 4.68 Å². The highest BCUT2D eigenvalue weighted by molar-refractivity contribution is 5.74. The average Bonchev–Trinajstić information content (AvgIpc) is 2.75. The van der Waals surface area contributed by atoms with E-state index in [0.29, 0.717) is 0 Å². The van der Waals surface area contributed by atoms with Crippen LogP contribution in [-0.4, -0.2) is 45.5 Å². The van der Waals surface area contributed by atoms with Gasteiger partial charge in [-0.15, -0.1) is 0 Å². The number of amides is 2. The van der Waals surface area contributed by atoms with Crippen LogP contribution in [0.25, 0.3) is 0 Å². The Morgan fingerprint density at radius 2 is 2.20 bits per heavy atom. The van der Waals surface area contributed by atoms with Gasteiger partial charge in [0.25, 0.3) is 0 Å². The molecule has 1 heterocycles. The molecule has 9 heteroatoms. The van der Waals surface area contributed by atoms with Crippen LogP contribution in [0.4, 0.5) is 18.0 Å². The summed E-state index contributed by atoms with van der Waals surface area (Å²) < 4.78 is 39.1. The van der Waals surface area contributed by atoms with Gasteiger partial charge in [0.15, 0.2) is 5.69 Å². The lowest BCUT2D eigenvalue weighted by atomic mass is 10.2. The molecule has 1 unspecified atom stereocenters. The number of halogens is 3. The smallest absolute Gasteiger partial charge is 0.394 e. The van der Waals surface area contributed by atoms with Crippen LogP contribution in [0.5, 0.6) is 0 Å². The molecular weight excluding hydrogens is 277 g/mol. The number of hydrogen-bond donors (Lipinski definition) is 2. The molecule has 114 valence electrons. The van der Waals surface area contributed by atoms with Crippen LogP contribution in [0.15, 0.2) is 6.20 Å². The van der Waals surface area contributed by atoms with Crippen LogP contribution in [0, 0.1) is 0 Å². The number of urea groups is 1. The molecule has 20 heavy (non-hydrogen) atoms. The van der Waals surface area contributed by atoms with E-state index in [-0.39, 0.29) is 18.7 Å². The number of carbonyl (C=O) groups excluding carboxylic acids is 1. The molecule has 0 aliphatic carbocycles. The Morgan fingerprint density at radius 1 is 1.60 bits per heavy atom. The molecule has 1 aromatic heterocycles. The molecule has 2 N–H and O–H groups in total. The summed E-state index contributed by atoms with van der Waals surface area (Å²) in [6, 6.07) is -0.991. The Labute approximate surface area is 114 Å². The monoisotopic (exact) mass is 294 g/mol. The van der Waals surface area contributed by atoms with Crippen LogP contribution in [0.2, 0.25) is 0 Å². The van der Waals surface area contributed by atoms with E-state index in [1.54, 1.807) is 6.92 Å². The Hall–Kier alpha value is -1.77. The van der Waals surface area contributed by atoms with E-state index in [1.807, 2.05) is 0 Å². The zero-order valence-electron chi connectivity index (χ0n) is 11.4. The number of aliphatic hydroxyl groups excluding tert-OH is 1. The van der Waals surface area contributed by atoms with E-state index in [4.69, 9.17) is 5.11 Å². The van der Waals surface area contributed by atoms with E-state index in [1.165, 1.54) is 25.2 Å². The van der Waals surface area contributed by atoms with Crippen molar-refractivity contribution in [2.75, 3.05) is 13.7 Å². The molecule has 0 saturated carbocycles. The van der Waals surface area contributed by atoms with Gasteiger partial charge in [0, 0.05) is 32.4 Å². The van der Waals surface area contributed by atoms with E-state index in [9.17, 15) is 18.0 Å². The fourth-order valence-electron chi connectivity index (χ4n) is 1.52. The number of aromatic nitrogens is 2. The van der Waals surface area contributed by atoms with Gasteiger partial charge in [-0.25, -0.2) is 4.79 Å². The minimum Gasteiger partial charge on any atom is -0.394 e. The number of rotatable bonds is 4. The SMILES string of the molecule is CC(CO)N(C)C(=O)NCc1cn(C)nc1C(F)(F)F. The van der Waals surface area contributed by atoms with Gasteiger partial charge in [0.05, 0.1) is 12.6 Å². The van der Waals surface area contributed by atoms with Gasteiger partial charge < -0.3 is 15.3 Å². The number of hydrogen-bond acceptors (Lipinski definition) is 3. The van der Waals surface area contributed by atoms with E-state index in [2.05, 4.69) is 10.4 Å². The summed E-state index contributed by atoms with van der Waals surface area (Å²) >= 11 is 0. The first-order valence-corrected chi connectivity index (χ1v) is 5.88. The van der Waals surface area contributed by atoms with E-state index in [0.717, 1.165) is 4.68 Å². The van der Waals surface area contributed by atoms with Crippen LogP contribution >= 0.6 is 0 Å². The third kappa shape index (κ3) is 3.86. The first-order valence-electron chi connectivity index (χ1n) is 5.88. The molecule has 0 radical (unpaired) electrons. The largest absolute Gasteiger partial charge is 0.435 e. The summed E-state index contributed by atoms with van der Waals surface area (Å²) in [5.74, 6) is 0. The van der Waals surface area contributed by atoms with E-state index < -0.39 is 23.9 Å². The Morgan fingerprint density at radius 3 is 2.70 bits per heavy atom. The van der Waals surface area contributed by atoms with Crippen molar-refractivity contribution in [1.82, 2.24) is 20.0 Å². The maximum atomic E-state index is 12.7. The topological polar surface area (TPSA) is 70.4 Å². The first kappa shape index (κ1) is 16.3. The molecule has 0 spiro atoms. The molecule has 1 atom stereocenters. The lowest BCUT2D eigenvalue weighted by molar-refractivity contribution is -0.142. The van der Waals surface area contributed by atoms with Crippen molar-refractivity contribution in [3.63, 3.8) is 0 Å². The van der Waals surface area contributed by atoms with Crippen LogP contribution < -0.4 is 5.32 Å². The lowest BCUT2D eigenvalue weighted by Gasteiger charge is -2.23. The molecule has 0 fully saturated rings. The van der Waals surface area contributed by atoms with Crippen molar-refractivity contribution in [3.05, 3.63) is 17.5 Å². The molecular formula is C11H17F3N4O2. The second-order valence-electron chi connectivity index (χ2n) is 4.48. The highest BCUT2D eigenvalue weighted by Gasteiger charge is 2.36. The van der Waals surface area contributed by atoms with Gasteiger partial charge in [-0.2, -0.15) is 18.3 Å². The van der Waals surface area contributed by atoms with Crippen molar-refractivity contribution in [2.24, 2.45) is 7.05 Å². The molecule has 0 bridgehead atoms. The normalized spacial score (nSPS) is 13.2. The molecule has 0 aliphatic heterocycles. The maximum Gasteiger partial charge on any atom is 0.435 e. The van der Waals surface area contributed by atoms with Gasteiger partial charge in [-0.05, 0) is 6.92 Å². The zero-order chi connectivity index (χ0) is 15.5. The number of alkyl halides is 3. The highest BCUT2D eigenvalue weighted by atomic mass is 19.4. The Balaban J connectivity index is 2.74. The first-order chi connectivity index (χ1) is 9.16. The lowest BCUT2D eigenvalue weighted by Crippen LogP contribution is -2.43. The summed E-state index contributed by atoms with van der Waals surface area (Å²) in [5, 5.41) is 14.6. The minimum absolute atomic E-state index is 0.113. The summed E-state index contributed by atoms with van der Waals surface area (Å²) in [7, 11) is 2.82. The summed E-state index contributed by atoms with van der Waals surface area (Å²) in [5.41, 5.74) is -1.13. The Kier molecular flexibility index (Phi) is 4.98. The van der Waals surface area contributed by atoms with Gasteiger partial charge >= 0.3 is 12.2 Å². The van der Waals surface area contributed by atoms with Crippen LogP contribution in [0.3, 0.4) is 0 Å². The van der Waals surface area contributed by atoms with Gasteiger partial charge in [0.1, 0.15) is 0 Å².